The van der Waals surface area contributed by atoms with Crippen molar-refractivity contribution in [1.82, 2.24) is 9.88 Å². The molecule has 0 spiro atoms. The third-order valence-corrected chi connectivity index (χ3v) is 5.79. The van der Waals surface area contributed by atoms with Crippen LogP contribution in [0.3, 0.4) is 0 Å². The van der Waals surface area contributed by atoms with Crippen LogP contribution in [-0.4, -0.2) is 27.3 Å². The van der Waals surface area contributed by atoms with E-state index in [-0.39, 0.29) is 11.6 Å². The second-order valence-electron chi connectivity index (χ2n) is 6.15. The first-order valence-corrected chi connectivity index (χ1v) is 9.13. The number of H-pyrrole nitrogens is 1. The van der Waals surface area contributed by atoms with Gasteiger partial charge in [-0.05, 0) is 35.7 Å². The molecule has 1 amide bonds. The number of non-ortho nitro benzene ring substituents is 1. The maximum absolute atomic E-state index is 13.0. The van der Waals surface area contributed by atoms with Gasteiger partial charge in [-0.2, -0.15) is 0 Å². The summed E-state index contributed by atoms with van der Waals surface area (Å²) in [4.78, 5) is 28.2. The number of hydrogen-bond acceptors (Lipinski definition) is 3. The Bertz CT molecular complexity index is 1060. The molecule has 1 aromatic heterocycles. The molecule has 0 saturated carbocycles. The van der Waals surface area contributed by atoms with Crippen LogP contribution in [-0.2, 0) is 13.0 Å². The van der Waals surface area contributed by atoms with Crippen LogP contribution in [0, 0.1) is 10.1 Å². The minimum Gasteiger partial charge on any atom is -0.360 e. The predicted octanol–water partition coefficient (Wildman–Crippen LogP) is 4.69. The number of nitrogens with zero attached hydrogens (tertiary/aromatic N) is 2. The van der Waals surface area contributed by atoms with Crippen molar-refractivity contribution in [2.24, 2.45) is 0 Å². The molecule has 1 aliphatic rings. The molecule has 26 heavy (non-hydrogen) atoms. The van der Waals surface area contributed by atoms with E-state index in [0.29, 0.717) is 34.6 Å². The highest BCUT2D eigenvalue weighted by Crippen LogP contribution is 2.33. The molecule has 0 aliphatic carbocycles. The van der Waals surface area contributed by atoms with Crippen molar-refractivity contribution in [3.05, 3.63) is 72.8 Å². The normalized spacial score (nSPS) is 13.7. The number of nitro groups is 1. The van der Waals surface area contributed by atoms with E-state index in [0.717, 1.165) is 22.0 Å². The van der Waals surface area contributed by atoms with Gasteiger partial charge in [-0.15, -0.1) is 0 Å². The number of carbonyl (C=O) groups is 1. The van der Waals surface area contributed by atoms with E-state index in [4.69, 9.17) is 11.6 Å². The lowest BCUT2D eigenvalue weighted by Crippen LogP contribution is -2.36. The van der Waals surface area contributed by atoms with Crippen molar-refractivity contribution in [2.75, 3.05) is 6.54 Å². The smallest absolute Gasteiger partial charge is 0.271 e. The van der Waals surface area contributed by atoms with Gasteiger partial charge in [0, 0.05) is 46.3 Å². The maximum atomic E-state index is 13.0. The lowest BCUT2D eigenvalue weighted by Gasteiger charge is -2.30. The molecule has 0 bridgehead atoms. The van der Waals surface area contributed by atoms with Gasteiger partial charge in [0.1, 0.15) is 0 Å². The number of carbonyl (C=O) groups excluding carboxylic acids is 1. The van der Waals surface area contributed by atoms with E-state index >= 15 is 0 Å². The summed E-state index contributed by atoms with van der Waals surface area (Å²) < 4.78 is 1.00. The molecule has 8 heteroatoms. The van der Waals surface area contributed by atoms with Gasteiger partial charge in [-0.25, -0.2) is 0 Å². The molecule has 0 saturated heterocycles. The summed E-state index contributed by atoms with van der Waals surface area (Å²) in [7, 11) is 0. The fraction of sp³-hybridized carbons (Fsp3) is 0.167. The first-order chi connectivity index (χ1) is 12.5. The van der Waals surface area contributed by atoms with Crippen molar-refractivity contribution in [1.29, 1.82) is 0 Å². The molecule has 6 nitrogen and oxygen atoms in total. The zero-order chi connectivity index (χ0) is 18.4. The van der Waals surface area contributed by atoms with E-state index < -0.39 is 4.92 Å². The fourth-order valence-corrected chi connectivity index (χ4v) is 4.15. The van der Waals surface area contributed by atoms with Crippen molar-refractivity contribution in [3.8, 4) is 0 Å². The zero-order valence-electron chi connectivity index (χ0n) is 13.5. The van der Waals surface area contributed by atoms with Gasteiger partial charge in [0.2, 0.25) is 0 Å². The van der Waals surface area contributed by atoms with Crippen LogP contribution in [0.5, 0.6) is 0 Å². The fourth-order valence-electron chi connectivity index (χ4n) is 3.34. The highest BCUT2D eigenvalue weighted by Gasteiger charge is 2.26. The van der Waals surface area contributed by atoms with Gasteiger partial charge in [0.15, 0.2) is 0 Å². The van der Waals surface area contributed by atoms with E-state index in [2.05, 4.69) is 20.9 Å². The lowest BCUT2D eigenvalue weighted by atomic mass is 9.99. The average Bonchev–Trinajstić information content (AvgIpc) is 3.07. The maximum Gasteiger partial charge on any atom is 0.271 e. The monoisotopic (exact) mass is 433 g/mol. The third-order valence-electron chi connectivity index (χ3n) is 4.69. The van der Waals surface area contributed by atoms with Gasteiger partial charge in [0.25, 0.3) is 11.6 Å². The lowest BCUT2D eigenvalue weighted by molar-refractivity contribution is -0.384. The topological polar surface area (TPSA) is 79.2 Å². The Balaban J connectivity index is 1.67. The third kappa shape index (κ3) is 2.77. The summed E-state index contributed by atoms with van der Waals surface area (Å²) in [6.45, 7) is 1.02. The summed E-state index contributed by atoms with van der Waals surface area (Å²) in [6.07, 6.45) is 2.32. The van der Waals surface area contributed by atoms with Crippen LogP contribution in [0.4, 0.5) is 5.69 Å². The number of nitro benzene ring substituents is 1. The van der Waals surface area contributed by atoms with Crippen molar-refractivity contribution >= 4 is 50.0 Å². The van der Waals surface area contributed by atoms with Gasteiger partial charge in [0.05, 0.1) is 16.0 Å². The molecule has 1 N–H and O–H groups in total. The molecule has 132 valence electrons. The van der Waals surface area contributed by atoms with Gasteiger partial charge >= 0.3 is 0 Å². The summed E-state index contributed by atoms with van der Waals surface area (Å²) in [5.41, 5.74) is 3.15. The number of nitrogens with one attached hydrogen (secondary N) is 1. The summed E-state index contributed by atoms with van der Waals surface area (Å²) >= 11 is 9.86. The van der Waals surface area contributed by atoms with Crippen LogP contribution in [0.25, 0.3) is 10.9 Å². The number of halogens is 2. The molecule has 0 fully saturated rings. The number of amides is 1. The number of hydrogen-bond donors (Lipinski definition) is 1. The quantitative estimate of drug-likeness (QED) is 0.469. The second-order valence-corrected chi connectivity index (χ2v) is 7.41. The van der Waals surface area contributed by atoms with E-state index in [1.54, 1.807) is 17.2 Å². The van der Waals surface area contributed by atoms with Gasteiger partial charge in [-0.1, -0.05) is 27.5 Å². The second kappa shape index (κ2) is 6.41. The van der Waals surface area contributed by atoms with E-state index in [9.17, 15) is 14.9 Å². The molecule has 2 heterocycles. The number of fused-ring (bicyclic) bond motifs is 2. The Morgan fingerprint density at radius 1 is 1.27 bits per heavy atom. The number of rotatable bonds is 2. The molecule has 0 atom stereocenters. The number of aromatic nitrogens is 1. The first kappa shape index (κ1) is 17.1. The minimum absolute atomic E-state index is 0.0121. The predicted molar refractivity (Wildman–Crippen MR) is 103 cm³/mol. The summed E-state index contributed by atoms with van der Waals surface area (Å²) in [5.74, 6) is -0.119. The molecular formula is C18H13BrClN3O3. The SMILES string of the molecule is O=C(c1c[nH]c2cc([N+](=O)[O-])ccc12)N1CCc2c(Br)ccc(Cl)c2C1. The summed E-state index contributed by atoms with van der Waals surface area (Å²) in [5, 5.41) is 12.2. The molecule has 0 radical (unpaired) electrons. The van der Waals surface area contributed by atoms with Crippen molar-refractivity contribution < 1.29 is 9.72 Å². The van der Waals surface area contributed by atoms with Gasteiger partial charge < -0.3 is 9.88 Å². The number of aromatic amines is 1. The van der Waals surface area contributed by atoms with Crippen LogP contribution < -0.4 is 0 Å². The average molecular weight is 435 g/mol. The minimum atomic E-state index is -0.455. The standard InChI is InChI=1S/C18H13BrClN3O3/c19-15-3-4-16(20)14-9-22(6-5-11(14)15)18(24)13-8-21-17-7-10(23(25)26)1-2-12(13)17/h1-4,7-8,21H,5-6,9H2. The van der Waals surface area contributed by atoms with Gasteiger partial charge in [-0.3, -0.25) is 14.9 Å². The van der Waals surface area contributed by atoms with Crippen LogP contribution in [0.2, 0.25) is 5.02 Å². The zero-order valence-corrected chi connectivity index (χ0v) is 15.8. The van der Waals surface area contributed by atoms with E-state index in [1.807, 2.05) is 12.1 Å². The molecular weight excluding hydrogens is 422 g/mol. The molecule has 2 aromatic carbocycles. The van der Waals surface area contributed by atoms with Crippen molar-refractivity contribution in [2.45, 2.75) is 13.0 Å². The highest BCUT2D eigenvalue weighted by molar-refractivity contribution is 9.10. The first-order valence-electron chi connectivity index (χ1n) is 7.96. The molecule has 3 aromatic rings. The largest absolute Gasteiger partial charge is 0.360 e. The Morgan fingerprint density at radius 3 is 2.85 bits per heavy atom. The number of benzene rings is 2. The van der Waals surface area contributed by atoms with E-state index in [1.165, 1.54) is 12.1 Å². The molecule has 4 rings (SSSR count). The molecule has 0 unspecified atom stereocenters. The van der Waals surface area contributed by atoms with Crippen LogP contribution in [0.1, 0.15) is 21.5 Å². The Morgan fingerprint density at radius 2 is 2.08 bits per heavy atom. The Kier molecular flexibility index (Phi) is 4.20. The summed E-state index contributed by atoms with van der Waals surface area (Å²) in [6, 6.07) is 8.20. The Hall–Kier alpha value is -2.38. The van der Waals surface area contributed by atoms with Crippen LogP contribution >= 0.6 is 27.5 Å². The van der Waals surface area contributed by atoms with Crippen LogP contribution in [0.15, 0.2) is 41.0 Å². The Labute approximate surface area is 162 Å². The molecule has 1 aliphatic heterocycles. The highest BCUT2D eigenvalue weighted by atomic mass is 79.9. The van der Waals surface area contributed by atoms with Crippen molar-refractivity contribution in [3.63, 3.8) is 0 Å².